The van der Waals surface area contributed by atoms with Crippen LogP contribution in [0.25, 0.3) is 0 Å². The van der Waals surface area contributed by atoms with Gasteiger partial charge in [-0.05, 0) is 42.5 Å². The van der Waals surface area contributed by atoms with E-state index in [1.54, 1.807) is 6.21 Å². The SMILES string of the molecule is CCCCCc1ccc(/C=N/N=C/c2cc(F)c(CCC)c(F)c2)cc1. The van der Waals surface area contributed by atoms with E-state index in [9.17, 15) is 8.78 Å². The van der Waals surface area contributed by atoms with Gasteiger partial charge in [0.2, 0.25) is 0 Å². The van der Waals surface area contributed by atoms with Crippen LogP contribution in [-0.2, 0) is 12.8 Å². The van der Waals surface area contributed by atoms with E-state index in [2.05, 4.69) is 29.3 Å². The first kappa shape index (κ1) is 20.0. The van der Waals surface area contributed by atoms with Crippen molar-refractivity contribution in [1.82, 2.24) is 0 Å². The van der Waals surface area contributed by atoms with Crippen LogP contribution in [0.4, 0.5) is 8.78 Å². The van der Waals surface area contributed by atoms with Gasteiger partial charge in [-0.3, -0.25) is 0 Å². The molecule has 2 nitrogen and oxygen atoms in total. The van der Waals surface area contributed by atoms with Gasteiger partial charge >= 0.3 is 0 Å². The summed E-state index contributed by atoms with van der Waals surface area (Å²) in [6, 6.07) is 10.8. The van der Waals surface area contributed by atoms with Crippen molar-refractivity contribution >= 4 is 12.4 Å². The zero-order valence-electron chi connectivity index (χ0n) is 15.5. The van der Waals surface area contributed by atoms with Crippen molar-refractivity contribution in [1.29, 1.82) is 0 Å². The van der Waals surface area contributed by atoms with Crippen molar-refractivity contribution in [3.63, 3.8) is 0 Å². The molecule has 0 saturated heterocycles. The highest BCUT2D eigenvalue weighted by atomic mass is 19.1. The van der Waals surface area contributed by atoms with Crippen LogP contribution in [-0.4, -0.2) is 12.4 Å². The van der Waals surface area contributed by atoms with E-state index in [1.165, 1.54) is 43.2 Å². The Balaban J connectivity index is 1.95. The zero-order chi connectivity index (χ0) is 18.8. The third-order valence-electron chi connectivity index (χ3n) is 4.19. The summed E-state index contributed by atoms with van der Waals surface area (Å²) in [5, 5.41) is 7.85. The molecule has 138 valence electrons. The maximum atomic E-state index is 13.9. The standard InChI is InChI=1S/C22H26F2N2/c1-3-5-6-8-17-9-11-18(12-10-17)15-25-26-16-19-13-21(23)20(7-4-2)22(24)14-19/h9-16H,3-8H2,1-2H3/b25-15+,26-16+. The highest BCUT2D eigenvalue weighted by molar-refractivity contribution is 5.82. The van der Waals surface area contributed by atoms with Crippen molar-refractivity contribution in [2.75, 3.05) is 0 Å². The van der Waals surface area contributed by atoms with E-state index in [0.29, 0.717) is 18.4 Å². The molecule has 0 N–H and O–H groups in total. The Morgan fingerprint density at radius 3 is 1.96 bits per heavy atom. The lowest BCUT2D eigenvalue weighted by Crippen LogP contribution is -1.97. The molecule has 0 bridgehead atoms. The number of hydrogen-bond donors (Lipinski definition) is 0. The molecule has 0 radical (unpaired) electrons. The average molecular weight is 356 g/mol. The second-order valence-electron chi connectivity index (χ2n) is 6.40. The maximum absolute atomic E-state index is 13.9. The Bertz CT molecular complexity index is 726. The fourth-order valence-corrected chi connectivity index (χ4v) is 2.74. The second-order valence-corrected chi connectivity index (χ2v) is 6.40. The number of nitrogens with zero attached hydrogens (tertiary/aromatic N) is 2. The minimum absolute atomic E-state index is 0.132. The third-order valence-corrected chi connectivity index (χ3v) is 4.19. The van der Waals surface area contributed by atoms with Gasteiger partial charge in [-0.1, -0.05) is 57.4 Å². The lowest BCUT2D eigenvalue weighted by Gasteiger charge is -2.04. The molecule has 0 spiro atoms. The fraction of sp³-hybridized carbons (Fsp3) is 0.364. The number of halogens is 2. The molecule has 0 fully saturated rings. The molecule has 0 aliphatic heterocycles. The predicted molar refractivity (Wildman–Crippen MR) is 105 cm³/mol. The molecule has 2 aromatic rings. The van der Waals surface area contributed by atoms with Gasteiger partial charge in [-0.15, -0.1) is 0 Å². The van der Waals surface area contributed by atoms with E-state index >= 15 is 0 Å². The van der Waals surface area contributed by atoms with Crippen LogP contribution in [0, 0.1) is 11.6 Å². The molecule has 0 amide bonds. The van der Waals surface area contributed by atoms with Crippen molar-refractivity contribution < 1.29 is 8.78 Å². The Morgan fingerprint density at radius 2 is 1.38 bits per heavy atom. The second kappa shape index (κ2) is 10.6. The molecular formula is C22H26F2N2. The third kappa shape index (κ3) is 6.17. The predicted octanol–water partition coefficient (Wildman–Crippen LogP) is 6.10. The molecule has 2 aromatic carbocycles. The number of benzene rings is 2. The molecule has 0 heterocycles. The Morgan fingerprint density at radius 1 is 0.769 bits per heavy atom. The highest BCUT2D eigenvalue weighted by Crippen LogP contribution is 2.16. The fourth-order valence-electron chi connectivity index (χ4n) is 2.74. The molecule has 4 heteroatoms. The minimum Gasteiger partial charge on any atom is -0.207 e. The number of hydrogen-bond acceptors (Lipinski definition) is 2. The molecule has 0 aliphatic carbocycles. The molecular weight excluding hydrogens is 330 g/mol. The van der Waals surface area contributed by atoms with E-state index in [4.69, 9.17) is 0 Å². The van der Waals surface area contributed by atoms with E-state index in [0.717, 1.165) is 12.0 Å². The lowest BCUT2D eigenvalue weighted by atomic mass is 10.1. The van der Waals surface area contributed by atoms with Gasteiger partial charge in [0.05, 0.1) is 12.4 Å². The zero-order valence-corrected chi connectivity index (χ0v) is 15.5. The van der Waals surface area contributed by atoms with Crippen molar-refractivity contribution in [2.45, 2.75) is 52.4 Å². The summed E-state index contributed by atoms with van der Waals surface area (Å²) in [6.07, 6.45) is 8.84. The summed E-state index contributed by atoms with van der Waals surface area (Å²) in [6.45, 7) is 4.09. The first-order valence-electron chi connectivity index (χ1n) is 9.27. The molecule has 0 saturated carbocycles. The molecule has 0 aromatic heterocycles. The van der Waals surface area contributed by atoms with Crippen LogP contribution < -0.4 is 0 Å². The quantitative estimate of drug-likeness (QED) is 0.294. The minimum atomic E-state index is -0.532. The van der Waals surface area contributed by atoms with E-state index in [1.807, 2.05) is 19.1 Å². The summed E-state index contributed by atoms with van der Waals surface area (Å²) < 4.78 is 27.8. The van der Waals surface area contributed by atoms with Crippen LogP contribution in [0.3, 0.4) is 0 Å². The van der Waals surface area contributed by atoms with Crippen LogP contribution in [0.5, 0.6) is 0 Å². The first-order valence-corrected chi connectivity index (χ1v) is 9.27. The van der Waals surface area contributed by atoms with Crippen molar-refractivity contribution in [2.24, 2.45) is 10.2 Å². The summed E-state index contributed by atoms with van der Waals surface area (Å²) in [4.78, 5) is 0. The van der Waals surface area contributed by atoms with Gasteiger partial charge in [-0.25, -0.2) is 8.78 Å². The number of unbranched alkanes of at least 4 members (excludes halogenated alkanes) is 2. The molecule has 26 heavy (non-hydrogen) atoms. The normalized spacial score (nSPS) is 11.7. The van der Waals surface area contributed by atoms with Crippen LogP contribution in [0.2, 0.25) is 0 Å². The summed E-state index contributed by atoms with van der Waals surface area (Å²) in [5.41, 5.74) is 2.75. The molecule has 2 rings (SSSR count). The topological polar surface area (TPSA) is 24.7 Å². The first-order chi connectivity index (χ1) is 12.6. The number of rotatable bonds is 9. The van der Waals surface area contributed by atoms with E-state index in [-0.39, 0.29) is 5.56 Å². The molecule has 0 aliphatic rings. The smallest absolute Gasteiger partial charge is 0.129 e. The van der Waals surface area contributed by atoms with Crippen LogP contribution >= 0.6 is 0 Å². The van der Waals surface area contributed by atoms with Gasteiger partial charge < -0.3 is 0 Å². The monoisotopic (exact) mass is 356 g/mol. The van der Waals surface area contributed by atoms with Crippen molar-refractivity contribution in [3.05, 3.63) is 70.3 Å². The number of aryl methyl sites for hydroxylation is 1. The Kier molecular flexibility index (Phi) is 8.13. The highest BCUT2D eigenvalue weighted by Gasteiger charge is 2.09. The van der Waals surface area contributed by atoms with Gasteiger partial charge in [-0.2, -0.15) is 10.2 Å². The van der Waals surface area contributed by atoms with Crippen LogP contribution in [0.15, 0.2) is 46.6 Å². The molecule has 0 atom stereocenters. The molecule has 0 unspecified atom stereocenters. The Labute approximate surface area is 154 Å². The van der Waals surface area contributed by atoms with Crippen LogP contribution in [0.1, 0.15) is 61.8 Å². The average Bonchev–Trinajstić information content (AvgIpc) is 2.63. The van der Waals surface area contributed by atoms with Crippen molar-refractivity contribution in [3.8, 4) is 0 Å². The summed E-state index contributed by atoms with van der Waals surface area (Å²) >= 11 is 0. The Hall–Kier alpha value is -2.36. The van der Waals surface area contributed by atoms with Gasteiger partial charge in [0.1, 0.15) is 11.6 Å². The van der Waals surface area contributed by atoms with Gasteiger partial charge in [0, 0.05) is 11.1 Å². The lowest BCUT2D eigenvalue weighted by molar-refractivity contribution is 0.552. The largest absolute Gasteiger partial charge is 0.207 e. The maximum Gasteiger partial charge on any atom is 0.129 e. The van der Waals surface area contributed by atoms with Gasteiger partial charge in [0.25, 0.3) is 0 Å². The summed E-state index contributed by atoms with van der Waals surface area (Å²) in [7, 11) is 0. The van der Waals surface area contributed by atoms with E-state index < -0.39 is 11.6 Å². The van der Waals surface area contributed by atoms with Gasteiger partial charge in [0.15, 0.2) is 0 Å². The summed E-state index contributed by atoms with van der Waals surface area (Å²) in [5.74, 6) is -1.06.